The number of benzene rings is 1. The SMILES string of the molecule is O=C(c1ccc(-c2ccccc2)[nH]c1=O)N1CCC[C@@H](c2ncc[nH]2)C1. The Morgan fingerprint density at radius 1 is 1.15 bits per heavy atom. The molecule has 1 aliphatic rings. The van der Waals surface area contributed by atoms with Gasteiger partial charge in [-0.05, 0) is 30.5 Å². The minimum atomic E-state index is -0.350. The number of pyridine rings is 1. The van der Waals surface area contributed by atoms with Crippen LogP contribution in [0.4, 0.5) is 0 Å². The fourth-order valence-corrected chi connectivity index (χ4v) is 3.48. The number of aromatic nitrogens is 3. The molecule has 1 aliphatic heterocycles. The fourth-order valence-electron chi connectivity index (χ4n) is 3.48. The van der Waals surface area contributed by atoms with Crippen molar-refractivity contribution in [2.24, 2.45) is 0 Å². The molecule has 6 heteroatoms. The fraction of sp³-hybridized carbons (Fsp3) is 0.250. The third-order valence-electron chi connectivity index (χ3n) is 4.84. The lowest BCUT2D eigenvalue weighted by Gasteiger charge is -2.31. The molecule has 0 saturated carbocycles. The summed E-state index contributed by atoms with van der Waals surface area (Å²) in [4.78, 5) is 37.4. The normalized spacial score (nSPS) is 17.2. The molecular weight excluding hydrogens is 328 g/mol. The van der Waals surface area contributed by atoms with Gasteiger partial charge in [-0.2, -0.15) is 0 Å². The summed E-state index contributed by atoms with van der Waals surface area (Å²) in [6.07, 6.45) is 5.41. The molecule has 1 saturated heterocycles. The van der Waals surface area contributed by atoms with Gasteiger partial charge in [0.1, 0.15) is 11.4 Å². The molecule has 0 radical (unpaired) electrons. The topological polar surface area (TPSA) is 81.8 Å². The Morgan fingerprint density at radius 3 is 2.73 bits per heavy atom. The van der Waals surface area contributed by atoms with Crippen LogP contribution in [0.5, 0.6) is 0 Å². The molecule has 132 valence electrons. The number of nitrogens with zero attached hydrogens (tertiary/aromatic N) is 2. The summed E-state index contributed by atoms with van der Waals surface area (Å²) in [7, 11) is 0. The number of carbonyl (C=O) groups is 1. The zero-order valence-electron chi connectivity index (χ0n) is 14.3. The number of amides is 1. The van der Waals surface area contributed by atoms with Crippen LogP contribution in [-0.4, -0.2) is 38.8 Å². The van der Waals surface area contributed by atoms with Crippen molar-refractivity contribution in [2.75, 3.05) is 13.1 Å². The lowest BCUT2D eigenvalue weighted by molar-refractivity contribution is 0.0703. The lowest BCUT2D eigenvalue weighted by atomic mass is 9.97. The Hall–Kier alpha value is -3.15. The Bertz CT molecular complexity index is 947. The lowest BCUT2D eigenvalue weighted by Crippen LogP contribution is -2.41. The molecule has 4 rings (SSSR count). The molecule has 3 heterocycles. The Morgan fingerprint density at radius 2 is 2.00 bits per heavy atom. The van der Waals surface area contributed by atoms with Crippen molar-refractivity contribution in [3.8, 4) is 11.3 Å². The second kappa shape index (κ2) is 7.00. The van der Waals surface area contributed by atoms with Crippen LogP contribution in [0, 0.1) is 0 Å². The van der Waals surface area contributed by atoms with Crippen molar-refractivity contribution in [2.45, 2.75) is 18.8 Å². The molecule has 1 atom stereocenters. The van der Waals surface area contributed by atoms with Crippen LogP contribution < -0.4 is 5.56 Å². The van der Waals surface area contributed by atoms with Gasteiger partial charge >= 0.3 is 0 Å². The van der Waals surface area contributed by atoms with E-state index in [9.17, 15) is 9.59 Å². The molecule has 0 aliphatic carbocycles. The molecule has 0 bridgehead atoms. The van der Waals surface area contributed by atoms with Crippen molar-refractivity contribution in [3.63, 3.8) is 0 Å². The summed E-state index contributed by atoms with van der Waals surface area (Å²) in [5, 5.41) is 0. The molecule has 3 aromatic rings. The van der Waals surface area contributed by atoms with Gasteiger partial charge in [-0.3, -0.25) is 9.59 Å². The summed E-state index contributed by atoms with van der Waals surface area (Å²) in [6, 6.07) is 13.0. The first-order valence-corrected chi connectivity index (χ1v) is 8.79. The summed E-state index contributed by atoms with van der Waals surface area (Å²) in [5.74, 6) is 0.864. The number of aromatic amines is 2. The molecular formula is C20H20N4O2. The number of piperidine rings is 1. The largest absolute Gasteiger partial charge is 0.348 e. The van der Waals surface area contributed by atoms with Crippen molar-refractivity contribution < 1.29 is 4.79 Å². The number of nitrogens with one attached hydrogen (secondary N) is 2. The number of hydrogen-bond donors (Lipinski definition) is 2. The maximum atomic E-state index is 12.9. The van der Waals surface area contributed by atoms with Crippen LogP contribution in [-0.2, 0) is 0 Å². The molecule has 1 fully saturated rings. The maximum absolute atomic E-state index is 12.9. The van der Waals surface area contributed by atoms with Crippen LogP contribution >= 0.6 is 0 Å². The van der Waals surface area contributed by atoms with Gasteiger partial charge in [0.05, 0.1) is 0 Å². The Kier molecular flexibility index (Phi) is 4.39. The van der Waals surface area contributed by atoms with Crippen LogP contribution in [0.1, 0.15) is 34.9 Å². The van der Waals surface area contributed by atoms with E-state index < -0.39 is 0 Å². The minimum Gasteiger partial charge on any atom is -0.348 e. The number of rotatable bonds is 3. The Labute approximate surface area is 150 Å². The van der Waals surface area contributed by atoms with Crippen molar-refractivity contribution in [1.29, 1.82) is 0 Å². The van der Waals surface area contributed by atoms with Crippen LogP contribution in [0.3, 0.4) is 0 Å². The number of H-pyrrole nitrogens is 2. The molecule has 2 N–H and O–H groups in total. The van der Waals surface area contributed by atoms with Gasteiger partial charge in [-0.1, -0.05) is 30.3 Å². The zero-order chi connectivity index (χ0) is 17.9. The molecule has 0 spiro atoms. The first-order chi connectivity index (χ1) is 12.7. The smallest absolute Gasteiger partial charge is 0.261 e. The van der Waals surface area contributed by atoms with Gasteiger partial charge in [-0.25, -0.2) is 4.98 Å². The summed E-state index contributed by atoms with van der Waals surface area (Å²) in [6.45, 7) is 1.24. The van der Waals surface area contributed by atoms with E-state index in [0.29, 0.717) is 18.8 Å². The first kappa shape index (κ1) is 16.3. The average molecular weight is 348 g/mol. The van der Waals surface area contributed by atoms with Crippen LogP contribution in [0.2, 0.25) is 0 Å². The van der Waals surface area contributed by atoms with Crippen molar-refractivity contribution in [3.05, 3.63) is 76.6 Å². The number of imidazole rings is 1. The molecule has 26 heavy (non-hydrogen) atoms. The summed E-state index contributed by atoms with van der Waals surface area (Å²) >= 11 is 0. The van der Waals surface area contributed by atoms with E-state index in [2.05, 4.69) is 15.0 Å². The summed E-state index contributed by atoms with van der Waals surface area (Å²) < 4.78 is 0. The third kappa shape index (κ3) is 3.18. The second-order valence-corrected chi connectivity index (χ2v) is 6.55. The van der Waals surface area contributed by atoms with Crippen molar-refractivity contribution >= 4 is 5.91 Å². The van der Waals surface area contributed by atoms with Crippen molar-refractivity contribution in [1.82, 2.24) is 19.9 Å². The molecule has 1 amide bonds. The Balaban J connectivity index is 1.55. The number of hydrogen-bond acceptors (Lipinski definition) is 3. The first-order valence-electron chi connectivity index (χ1n) is 8.79. The van der Waals surface area contributed by atoms with Gasteiger partial charge < -0.3 is 14.9 Å². The number of likely N-dealkylation sites (tertiary alicyclic amines) is 1. The predicted molar refractivity (Wildman–Crippen MR) is 99.0 cm³/mol. The minimum absolute atomic E-state index is 0.185. The van der Waals surface area contributed by atoms with Gasteiger partial charge in [0.25, 0.3) is 11.5 Å². The molecule has 1 aromatic carbocycles. The monoisotopic (exact) mass is 348 g/mol. The van der Waals surface area contributed by atoms with E-state index in [1.54, 1.807) is 29.4 Å². The van der Waals surface area contributed by atoms with Gasteiger partial charge in [0.15, 0.2) is 0 Å². The molecule has 6 nitrogen and oxygen atoms in total. The molecule has 2 aromatic heterocycles. The average Bonchev–Trinajstić information content (AvgIpc) is 3.23. The van der Waals surface area contributed by atoms with Crippen LogP contribution in [0.15, 0.2) is 59.7 Å². The van der Waals surface area contributed by atoms with Gasteiger partial charge in [0.2, 0.25) is 0 Å². The summed E-state index contributed by atoms with van der Waals surface area (Å²) in [5.41, 5.74) is 1.46. The number of carbonyl (C=O) groups excluding carboxylic acids is 1. The van der Waals surface area contributed by atoms with E-state index >= 15 is 0 Å². The highest BCUT2D eigenvalue weighted by Gasteiger charge is 2.28. The standard InChI is InChI=1S/C20H20N4O2/c25-19-16(8-9-17(23-19)14-5-2-1-3-6-14)20(26)24-12-4-7-15(13-24)18-21-10-11-22-18/h1-3,5-6,8-11,15H,4,7,12-13H2,(H,21,22)(H,23,25)/t15-/m1/s1. The maximum Gasteiger partial charge on any atom is 0.261 e. The molecule has 0 unspecified atom stereocenters. The van der Waals surface area contributed by atoms with E-state index in [1.807, 2.05) is 30.3 Å². The predicted octanol–water partition coefficient (Wildman–Crippen LogP) is 2.78. The van der Waals surface area contributed by atoms with E-state index in [-0.39, 0.29) is 22.9 Å². The van der Waals surface area contributed by atoms with E-state index in [1.165, 1.54) is 0 Å². The quantitative estimate of drug-likeness (QED) is 0.763. The zero-order valence-corrected chi connectivity index (χ0v) is 14.3. The van der Waals surface area contributed by atoms with E-state index in [0.717, 1.165) is 24.2 Å². The highest BCUT2D eigenvalue weighted by Crippen LogP contribution is 2.25. The highest BCUT2D eigenvalue weighted by molar-refractivity contribution is 5.94. The van der Waals surface area contributed by atoms with Crippen LogP contribution in [0.25, 0.3) is 11.3 Å². The van der Waals surface area contributed by atoms with Gasteiger partial charge in [0, 0.05) is 37.1 Å². The van der Waals surface area contributed by atoms with Gasteiger partial charge in [-0.15, -0.1) is 0 Å². The van der Waals surface area contributed by atoms with E-state index in [4.69, 9.17) is 0 Å². The third-order valence-corrected chi connectivity index (χ3v) is 4.84. The highest BCUT2D eigenvalue weighted by atomic mass is 16.2. The second-order valence-electron chi connectivity index (χ2n) is 6.55.